The monoisotopic (exact) mass is 364 g/mol. The minimum absolute atomic E-state index is 0.123. The molecule has 24 heavy (non-hydrogen) atoms. The normalized spacial score (nSPS) is 15.4. The van der Waals surface area contributed by atoms with Crippen LogP contribution < -0.4 is 10.2 Å². The standard InChI is InChI=1S/C17H18Cl2N4O/c1-22-8-10-23(11-9-22)14-5-3-2-4-13(14)20-17(24)16-12(18)6-7-15(19)21-16/h2-7H,8-11H2,1H3,(H,20,24). The Morgan fingerprint density at radius 2 is 1.79 bits per heavy atom. The van der Waals surface area contributed by atoms with Crippen molar-refractivity contribution in [2.45, 2.75) is 0 Å². The second-order valence-corrected chi connectivity index (χ2v) is 6.52. The molecule has 126 valence electrons. The number of para-hydroxylation sites is 2. The smallest absolute Gasteiger partial charge is 0.275 e. The van der Waals surface area contributed by atoms with Crippen molar-refractivity contribution >= 4 is 40.5 Å². The van der Waals surface area contributed by atoms with Gasteiger partial charge in [-0.15, -0.1) is 0 Å². The fourth-order valence-electron chi connectivity index (χ4n) is 2.66. The van der Waals surface area contributed by atoms with Gasteiger partial charge < -0.3 is 15.1 Å². The molecule has 3 rings (SSSR count). The van der Waals surface area contributed by atoms with Crippen LogP contribution in [0.1, 0.15) is 10.5 Å². The van der Waals surface area contributed by atoms with Crippen LogP contribution in [0.5, 0.6) is 0 Å². The summed E-state index contributed by atoms with van der Waals surface area (Å²) in [5.41, 5.74) is 1.86. The zero-order valence-electron chi connectivity index (χ0n) is 13.3. The lowest BCUT2D eigenvalue weighted by Crippen LogP contribution is -2.44. The average molecular weight is 365 g/mol. The zero-order valence-corrected chi connectivity index (χ0v) is 14.8. The van der Waals surface area contributed by atoms with Gasteiger partial charge in [-0.3, -0.25) is 4.79 Å². The molecule has 0 atom stereocenters. The van der Waals surface area contributed by atoms with Crippen LogP contribution in [0.15, 0.2) is 36.4 Å². The first-order valence-corrected chi connectivity index (χ1v) is 8.46. The number of carbonyl (C=O) groups is 1. The van der Waals surface area contributed by atoms with Crippen LogP contribution in [0, 0.1) is 0 Å². The van der Waals surface area contributed by atoms with Crippen LogP contribution >= 0.6 is 23.2 Å². The Morgan fingerprint density at radius 1 is 1.08 bits per heavy atom. The number of piperazine rings is 1. The lowest BCUT2D eigenvalue weighted by Gasteiger charge is -2.35. The maximum absolute atomic E-state index is 12.5. The van der Waals surface area contributed by atoms with Gasteiger partial charge in [-0.25, -0.2) is 4.98 Å². The number of benzene rings is 1. The third-order valence-corrected chi connectivity index (χ3v) is 4.54. The van der Waals surface area contributed by atoms with Crippen molar-refractivity contribution in [3.05, 3.63) is 52.3 Å². The first kappa shape index (κ1) is 17.0. The molecule has 0 bridgehead atoms. The molecule has 0 radical (unpaired) electrons. The Kier molecular flexibility index (Phi) is 5.23. The second-order valence-electron chi connectivity index (χ2n) is 5.73. The predicted molar refractivity (Wildman–Crippen MR) is 98.4 cm³/mol. The Morgan fingerprint density at radius 3 is 2.54 bits per heavy atom. The number of nitrogens with one attached hydrogen (secondary N) is 1. The molecular formula is C17H18Cl2N4O. The van der Waals surface area contributed by atoms with Crippen LogP contribution in [0.2, 0.25) is 10.2 Å². The minimum Gasteiger partial charge on any atom is -0.367 e. The van der Waals surface area contributed by atoms with E-state index in [0.29, 0.717) is 0 Å². The summed E-state index contributed by atoms with van der Waals surface area (Å²) in [4.78, 5) is 21.1. The maximum Gasteiger partial charge on any atom is 0.275 e. The lowest BCUT2D eigenvalue weighted by atomic mass is 10.2. The van der Waals surface area contributed by atoms with E-state index in [1.165, 1.54) is 0 Å². The summed E-state index contributed by atoms with van der Waals surface area (Å²) in [6.45, 7) is 3.81. The third kappa shape index (κ3) is 3.80. The van der Waals surface area contributed by atoms with E-state index in [2.05, 4.69) is 27.1 Å². The highest BCUT2D eigenvalue weighted by molar-refractivity contribution is 6.35. The molecule has 2 heterocycles. The Labute approximate surface area is 151 Å². The molecule has 7 heteroatoms. The number of likely N-dealkylation sites (N-methyl/N-ethyl adjacent to an activating group) is 1. The summed E-state index contributed by atoms with van der Waals surface area (Å²) in [5, 5.41) is 3.41. The molecule has 1 aromatic carbocycles. The largest absolute Gasteiger partial charge is 0.367 e. The number of carbonyl (C=O) groups excluding carboxylic acids is 1. The molecule has 0 unspecified atom stereocenters. The number of nitrogens with zero attached hydrogens (tertiary/aromatic N) is 3. The van der Waals surface area contributed by atoms with Crippen LogP contribution in [-0.2, 0) is 0 Å². The molecule has 1 N–H and O–H groups in total. The van der Waals surface area contributed by atoms with E-state index >= 15 is 0 Å². The van der Waals surface area contributed by atoms with E-state index in [9.17, 15) is 4.79 Å². The molecule has 1 aromatic heterocycles. The Hall–Kier alpha value is -1.82. The summed E-state index contributed by atoms with van der Waals surface area (Å²) in [5.74, 6) is -0.371. The number of hydrogen-bond donors (Lipinski definition) is 1. The molecule has 0 spiro atoms. The summed E-state index contributed by atoms with van der Waals surface area (Å²) in [6.07, 6.45) is 0. The number of hydrogen-bond acceptors (Lipinski definition) is 4. The van der Waals surface area contributed by atoms with Crippen LogP contribution in [0.4, 0.5) is 11.4 Å². The number of amides is 1. The number of pyridine rings is 1. The Bertz CT molecular complexity index is 745. The molecule has 1 aliphatic rings. The fraction of sp³-hybridized carbons (Fsp3) is 0.294. The van der Waals surface area contributed by atoms with Crippen molar-refractivity contribution in [3.8, 4) is 0 Å². The van der Waals surface area contributed by atoms with Crippen molar-refractivity contribution in [1.29, 1.82) is 0 Å². The predicted octanol–water partition coefficient (Wildman–Crippen LogP) is 3.39. The van der Waals surface area contributed by atoms with Crippen LogP contribution in [0.3, 0.4) is 0 Å². The van der Waals surface area contributed by atoms with Gasteiger partial charge in [0.05, 0.1) is 16.4 Å². The van der Waals surface area contributed by atoms with Crippen molar-refractivity contribution in [3.63, 3.8) is 0 Å². The molecule has 1 amide bonds. The van der Waals surface area contributed by atoms with Gasteiger partial charge in [-0.2, -0.15) is 0 Å². The van der Waals surface area contributed by atoms with Crippen molar-refractivity contribution in [1.82, 2.24) is 9.88 Å². The van der Waals surface area contributed by atoms with Gasteiger partial charge in [0.2, 0.25) is 0 Å². The summed E-state index contributed by atoms with van der Waals surface area (Å²) in [7, 11) is 2.11. The topological polar surface area (TPSA) is 48.5 Å². The molecule has 0 saturated carbocycles. The van der Waals surface area contributed by atoms with Gasteiger partial charge >= 0.3 is 0 Å². The van der Waals surface area contributed by atoms with Crippen molar-refractivity contribution < 1.29 is 4.79 Å². The van der Waals surface area contributed by atoms with E-state index in [4.69, 9.17) is 23.2 Å². The maximum atomic E-state index is 12.5. The fourth-order valence-corrected chi connectivity index (χ4v) is 3.00. The van der Waals surface area contributed by atoms with Crippen LogP contribution in [-0.4, -0.2) is 49.0 Å². The first-order valence-electron chi connectivity index (χ1n) is 7.70. The lowest BCUT2D eigenvalue weighted by molar-refractivity contribution is 0.102. The van der Waals surface area contributed by atoms with Gasteiger partial charge in [0.1, 0.15) is 10.8 Å². The first-order chi connectivity index (χ1) is 11.5. The highest BCUT2D eigenvalue weighted by atomic mass is 35.5. The molecule has 2 aromatic rings. The summed E-state index contributed by atoms with van der Waals surface area (Å²) in [6, 6.07) is 10.9. The highest BCUT2D eigenvalue weighted by Gasteiger charge is 2.19. The second kappa shape index (κ2) is 7.38. The molecule has 5 nitrogen and oxygen atoms in total. The molecule has 1 saturated heterocycles. The average Bonchev–Trinajstić information content (AvgIpc) is 2.58. The summed E-state index contributed by atoms with van der Waals surface area (Å²) >= 11 is 11.9. The molecule has 1 aliphatic heterocycles. The number of halogens is 2. The van der Waals surface area contributed by atoms with E-state index in [1.54, 1.807) is 12.1 Å². The van der Waals surface area contributed by atoms with Gasteiger partial charge in [0.15, 0.2) is 0 Å². The number of aromatic nitrogens is 1. The van der Waals surface area contributed by atoms with Crippen molar-refractivity contribution in [2.75, 3.05) is 43.4 Å². The van der Waals surface area contributed by atoms with Gasteiger partial charge in [0.25, 0.3) is 5.91 Å². The van der Waals surface area contributed by atoms with Gasteiger partial charge in [0, 0.05) is 26.2 Å². The van der Waals surface area contributed by atoms with E-state index in [-0.39, 0.29) is 21.8 Å². The number of anilines is 2. The van der Waals surface area contributed by atoms with Gasteiger partial charge in [-0.1, -0.05) is 35.3 Å². The minimum atomic E-state index is -0.371. The molecule has 0 aliphatic carbocycles. The summed E-state index contributed by atoms with van der Waals surface area (Å²) < 4.78 is 0. The third-order valence-electron chi connectivity index (χ3n) is 4.02. The van der Waals surface area contributed by atoms with E-state index in [1.807, 2.05) is 24.3 Å². The number of rotatable bonds is 3. The van der Waals surface area contributed by atoms with E-state index in [0.717, 1.165) is 37.6 Å². The van der Waals surface area contributed by atoms with Crippen LogP contribution in [0.25, 0.3) is 0 Å². The highest BCUT2D eigenvalue weighted by Crippen LogP contribution is 2.27. The van der Waals surface area contributed by atoms with E-state index < -0.39 is 0 Å². The molecular weight excluding hydrogens is 347 g/mol. The Balaban J connectivity index is 1.82. The van der Waals surface area contributed by atoms with Crippen molar-refractivity contribution in [2.24, 2.45) is 0 Å². The SMILES string of the molecule is CN1CCN(c2ccccc2NC(=O)c2nc(Cl)ccc2Cl)CC1. The van der Waals surface area contributed by atoms with Gasteiger partial charge in [-0.05, 0) is 31.3 Å². The zero-order chi connectivity index (χ0) is 17.1. The quantitative estimate of drug-likeness (QED) is 0.848. The molecule has 1 fully saturated rings.